The van der Waals surface area contributed by atoms with Gasteiger partial charge in [0.25, 0.3) is 5.69 Å². The Kier molecular flexibility index (Phi) is 4.97. The van der Waals surface area contributed by atoms with E-state index in [4.69, 9.17) is 12.2 Å². The van der Waals surface area contributed by atoms with Crippen LogP contribution in [0.3, 0.4) is 0 Å². The molecule has 8 heteroatoms. The van der Waals surface area contributed by atoms with Gasteiger partial charge in [-0.1, -0.05) is 42.1 Å². The predicted molar refractivity (Wildman–Crippen MR) is 95.3 cm³/mol. The van der Waals surface area contributed by atoms with Crippen LogP contribution in [0.1, 0.15) is 5.56 Å². The van der Waals surface area contributed by atoms with E-state index >= 15 is 0 Å². The molecule has 1 aromatic heterocycles. The first-order valence-corrected chi connectivity index (χ1v) is 8.41. The Morgan fingerprint density at radius 2 is 1.79 bits per heavy atom. The topological polar surface area (TPSA) is 84.7 Å². The van der Waals surface area contributed by atoms with Gasteiger partial charge in [0.2, 0.25) is 4.77 Å². The van der Waals surface area contributed by atoms with Crippen molar-refractivity contribution in [2.45, 2.75) is 10.9 Å². The van der Waals surface area contributed by atoms with E-state index in [1.165, 1.54) is 29.5 Å². The second-order valence-corrected chi connectivity index (χ2v) is 6.19. The van der Waals surface area contributed by atoms with Crippen LogP contribution in [0, 0.1) is 14.9 Å². The monoisotopic (exact) mass is 356 g/mol. The fourth-order valence-electron chi connectivity index (χ4n) is 2.03. The molecule has 0 saturated heterocycles. The van der Waals surface area contributed by atoms with Crippen molar-refractivity contribution in [3.8, 4) is 11.4 Å². The van der Waals surface area contributed by atoms with Crippen LogP contribution in [-0.4, -0.2) is 19.9 Å². The van der Waals surface area contributed by atoms with Crippen LogP contribution >= 0.6 is 24.0 Å². The van der Waals surface area contributed by atoms with Crippen molar-refractivity contribution in [1.82, 2.24) is 15.0 Å². The number of non-ortho nitro benzene ring substituents is 1. The second-order valence-electron chi connectivity index (χ2n) is 4.86. The Bertz CT molecular complexity index is 911. The number of nitrogens with zero attached hydrogens (tertiary/aromatic N) is 3. The molecule has 0 aliphatic rings. The molecule has 0 spiro atoms. The number of nitro benzene ring substituents is 1. The van der Waals surface area contributed by atoms with Crippen molar-refractivity contribution in [2.24, 2.45) is 0 Å². The Balaban J connectivity index is 1.83. The number of thioether (sulfide) groups is 1. The summed E-state index contributed by atoms with van der Waals surface area (Å²) in [5.41, 5.74) is 1.92. The van der Waals surface area contributed by atoms with Gasteiger partial charge in [-0.15, -0.1) is 0 Å². The van der Waals surface area contributed by atoms with Gasteiger partial charge < -0.3 is 4.98 Å². The number of nitro groups is 1. The molecule has 0 aliphatic heterocycles. The zero-order chi connectivity index (χ0) is 16.9. The molecular formula is C16H12N4O2S2. The van der Waals surface area contributed by atoms with Crippen LogP contribution in [-0.2, 0) is 5.75 Å². The van der Waals surface area contributed by atoms with Crippen molar-refractivity contribution >= 4 is 29.7 Å². The molecule has 0 unspecified atom stereocenters. The van der Waals surface area contributed by atoms with Gasteiger partial charge in [-0.3, -0.25) is 10.1 Å². The first kappa shape index (κ1) is 16.3. The molecule has 0 saturated carbocycles. The van der Waals surface area contributed by atoms with Crippen molar-refractivity contribution in [3.63, 3.8) is 0 Å². The summed E-state index contributed by atoms with van der Waals surface area (Å²) < 4.78 is 0.328. The van der Waals surface area contributed by atoms with Crippen molar-refractivity contribution in [3.05, 3.63) is 75.0 Å². The van der Waals surface area contributed by atoms with Crippen LogP contribution in [0.15, 0.2) is 59.8 Å². The molecule has 0 aliphatic carbocycles. The summed E-state index contributed by atoms with van der Waals surface area (Å²) in [5.74, 6) is 1.28. The van der Waals surface area contributed by atoms with Crippen LogP contribution in [0.2, 0.25) is 0 Å². The highest BCUT2D eigenvalue weighted by atomic mass is 32.2. The highest BCUT2D eigenvalue weighted by Crippen LogP contribution is 2.23. The lowest BCUT2D eigenvalue weighted by molar-refractivity contribution is -0.384. The lowest BCUT2D eigenvalue weighted by Gasteiger charge is -2.04. The number of benzene rings is 2. The van der Waals surface area contributed by atoms with Crippen LogP contribution in [0.5, 0.6) is 0 Å². The fourth-order valence-corrected chi connectivity index (χ4v) is 3.07. The van der Waals surface area contributed by atoms with Crippen LogP contribution in [0.4, 0.5) is 5.69 Å². The number of H-pyrrole nitrogens is 1. The Hall–Kier alpha value is -2.58. The van der Waals surface area contributed by atoms with Crippen LogP contribution < -0.4 is 0 Å². The molecule has 2 aromatic carbocycles. The molecule has 120 valence electrons. The second kappa shape index (κ2) is 7.33. The summed E-state index contributed by atoms with van der Waals surface area (Å²) in [6.07, 6.45) is 0. The SMILES string of the molecule is O=[N+]([O-])c1ccc(-c2nc(SCc3ccccc3)nc(=S)[nH]2)cc1. The summed E-state index contributed by atoms with van der Waals surface area (Å²) >= 11 is 6.64. The number of aromatic amines is 1. The first-order chi connectivity index (χ1) is 11.6. The van der Waals surface area contributed by atoms with E-state index in [1.807, 2.05) is 30.3 Å². The first-order valence-electron chi connectivity index (χ1n) is 7.02. The average molecular weight is 356 g/mol. The normalized spacial score (nSPS) is 10.5. The van der Waals surface area contributed by atoms with Gasteiger partial charge in [0.1, 0.15) is 5.82 Å². The molecule has 6 nitrogen and oxygen atoms in total. The number of aromatic nitrogens is 3. The third-order valence-electron chi connectivity index (χ3n) is 3.19. The van der Waals surface area contributed by atoms with Gasteiger partial charge in [0, 0.05) is 23.4 Å². The summed E-state index contributed by atoms with van der Waals surface area (Å²) in [6.45, 7) is 0. The zero-order valence-electron chi connectivity index (χ0n) is 12.4. The molecule has 3 rings (SSSR count). The number of hydrogen-bond donors (Lipinski definition) is 1. The number of nitrogens with one attached hydrogen (secondary N) is 1. The van der Waals surface area contributed by atoms with Gasteiger partial charge in [-0.05, 0) is 29.9 Å². The fraction of sp³-hybridized carbons (Fsp3) is 0.0625. The number of hydrogen-bond acceptors (Lipinski definition) is 6. The van der Waals surface area contributed by atoms with Crippen molar-refractivity contribution < 1.29 is 4.92 Å². The minimum absolute atomic E-state index is 0.0325. The maximum absolute atomic E-state index is 10.7. The third-order valence-corrected chi connectivity index (χ3v) is 4.30. The lowest BCUT2D eigenvalue weighted by atomic mass is 10.2. The van der Waals surface area contributed by atoms with Gasteiger partial charge in [-0.25, -0.2) is 4.98 Å². The van der Waals surface area contributed by atoms with E-state index in [9.17, 15) is 10.1 Å². The van der Waals surface area contributed by atoms with E-state index in [2.05, 4.69) is 15.0 Å². The summed E-state index contributed by atoms with van der Waals surface area (Å²) in [7, 11) is 0. The molecule has 0 bridgehead atoms. The van der Waals surface area contributed by atoms with E-state index in [0.717, 1.165) is 11.3 Å². The standard InChI is InChI=1S/C16H12N4O2S2/c21-20(22)13-8-6-12(7-9-13)14-17-15(23)19-16(18-14)24-10-11-4-2-1-3-5-11/h1-9H,10H2,(H,17,18,19,23). The molecule has 3 aromatic rings. The van der Waals surface area contributed by atoms with Gasteiger partial charge >= 0.3 is 0 Å². The summed E-state index contributed by atoms with van der Waals surface area (Å²) in [4.78, 5) is 21.9. The van der Waals surface area contributed by atoms with Crippen LogP contribution in [0.25, 0.3) is 11.4 Å². The Morgan fingerprint density at radius 1 is 1.08 bits per heavy atom. The summed E-state index contributed by atoms with van der Waals surface area (Å²) in [5, 5.41) is 11.3. The van der Waals surface area contributed by atoms with E-state index in [0.29, 0.717) is 15.8 Å². The Morgan fingerprint density at radius 3 is 2.46 bits per heavy atom. The van der Waals surface area contributed by atoms with Gasteiger partial charge in [-0.2, -0.15) is 4.98 Å². The quantitative estimate of drug-likeness (QED) is 0.316. The molecular weight excluding hydrogens is 344 g/mol. The molecule has 24 heavy (non-hydrogen) atoms. The van der Waals surface area contributed by atoms with Crippen molar-refractivity contribution in [2.75, 3.05) is 0 Å². The average Bonchev–Trinajstić information content (AvgIpc) is 2.60. The molecule has 0 fully saturated rings. The lowest BCUT2D eigenvalue weighted by Crippen LogP contribution is -1.96. The van der Waals surface area contributed by atoms with Gasteiger partial charge in [0.05, 0.1) is 4.92 Å². The highest BCUT2D eigenvalue weighted by Gasteiger charge is 2.08. The maximum Gasteiger partial charge on any atom is 0.269 e. The third kappa shape index (κ3) is 4.03. The largest absolute Gasteiger partial charge is 0.315 e. The zero-order valence-corrected chi connectivity index (χ0v) is 14.0. The van der Waals surface area contributed by atoms with E-state index in [-0.39, 0.29) is 5.69 Å². The van der Waals surface area contributed by atoms with Crippen molar-refractivity contribution in [1.29, 1.82) is 0 Å². The summed E-state index contributed by atoms with van der Waals surface area (Å²) in [6, 6.07) is 16.1. The Labute approximate surface area is 147 Å². The molecule has 0 amide bonds. The van der Waals surface area contributed by atoms with E-state index < -0.39 is 4.92 Å². The molecule has 0 atom stereocenters. The molecule has 0 radical (unpaired) electrons. The van der Waals surface area contributed by atoms with E-state index in [1.54, 1.807) is 12.1 Å². The predicted octanol–water partition coefficient (Wildman–Crippen LogP) is 4.40. The molecule has 1 heterocycles. The molecule has 1 N–H and O–H groups in total. The minimum atomic E-state index is -0.437. The van der Waals surface area contributed by atoms with Gasteiger partial charge in [0.15, 0.2) is 5.16 Å². The highest BCUT2D eigenvalue weighted by molar-refractivity contribution is 7.98. The minimum Gasteiger partial charge on any atom is -0.315 e. The number of rotatable bonds is 5. The maximum atomic E-state index is 10.7. The smallest absolute Gasteiger partial charge is 0.269 e.